The van der Waals surface area contributed by atoms with Gasteiger partial charge in [-0.2, -0.15) is 4.31 Å². The minimum atomic E-state index is -3.39. The SMILES string of the molecule is CN=C(NCCCN(C)C1CCCCC1)N1CCN(S(=O)(=O)Cc2ccon2)CC1.I. The van der Waals surface area contributed by atoms with E-state index in [0.717, 1.165) is 31.5 Å². The molecule has 1 saturated heterocycles. The summed E-state index contributed by atoms with van der Waals surface area (Å²) in [7, 11) is 0.637. The largest absolute Gasteiger partial charge is 0.364 e. The van der Waals surface area contributed by atoms with Crippen molar-refractivity contribution in [3.05, 3.63) is 18.0 Å². The van der Waals surface area contributed by atoms with Crippen LogP contribution in [0.5, 0.6) is 0 Å². The fourth-order valence-electron chi connectivity index (χ4n) is 4.33. The second kappa shape index (κ2) is 12.9. The number of rotatable bonds is 8. The van der Waals surface area contributed by atoms with Gasteiger partial charge >= 0.3 is 0 Å². The molecule has 0 radical (unpaired) electrons. The van der Waals surface area contributed by atoms with Gasteiger partial charge in [0.2, 0.25) is 10.0 Å². The molecule has 0 aromatic carbocycles. The van der Waals surface area contributed by atoms with Crippen LogP contribution in [0.2, 0.25) is 0 Å². The summed E-state index contributed by atoms with van der Waals surface area (Å²) in [5.41, 5.74) is 0.438. The summed E-state index contributed by atoms with van der Waals surface area (Å²) in [6.07, 6.45) is 9.23. The van der Waals surface area contributed by atoms with Crippen molar-refractivity contribution < 1.29 is 12.9 Å². The molecule has 1 aliphatic carbocycles. The molecule has 1 aliphatic heterocycles. The summed E-state index contributed by atoms with van der Waals surface area (Å²) >= 11 is 0. The van der Waals surface area contributed by atoms with Crippen molar-refractivity contribution in [1.82, 2.24) is 24.6 Å². The Hall–Kier alpha value is -0.920. The number of guanidine groups is 1. The van der Waals surface area contributed by atoms with Crippen molar-refractivity contribution in [2.45, 2.75) is 50.3 Å². The molecule has 9 nitrogen and oxygen atoms in total. The molecule has 0 amide bonds. The Labute approximate surface area is 203 Å². The van der Waals surface area contributed by atoms with E-state index in [1.807, 2.05) is 0 Å². The Morgan fingerprint density at radius 3 is 2.58 bits per heavy atom. The molecule has 1 aromatic rings. The van der Waals surface area contributed by atoms with E-state index in [1.54, 1.807) is 13.1 Å². The highest BCUT2D eigenvalue weighted by Gasteiger charge is 2.29. The molecule has 0 bridgehead atoms. The standard InChI is InChI=1S/C20H36N6O3S.HI/c1-21-20(22-10-6-11-24(2)19-7-4-3-5-8-19)25-12-14-26(15-13-25)30(27,28)17-18-9-16-29-23-18;/h9,16,19H,3-8,10-15,17H2,1-2H3,(H,21,22);1H. The Morgan fingerprint density at radius 1 is 1.26 bits per heavy atom. The molecule has 2 aliphatic rings. The first-order valence-electron chi connectivity index (χ1n) is 11.0. The zero-order chi connectivity index (χ0) is 21.4. The van der Waals surface area contributed by atoms with Crippen LogP contribution < -0.4 is 5.32 Å². The second-order valence-corrected chi connectivity index (χ2v) is 10.2. The number of piperazine rings is 1. The van der Waals surface area contributed by atoms with E-state index >= 15 is 0 Å². The quantitative estimate of drug-likeness (QED) is 0.222. The second-order valence-electron chi connectivity index (χ2n) is 8.23. The minimum absolute atomic E-state index is 0. The van der Waals surface area contributed by atoms with E-state index in [-0.39, 0.29) is 29.7 Å². The van der Waals surface area contributed by atoms with Crippen LogP contribution in [0.25, 0.3) is 0 Å². The monoisotopic (exact) mass is 568 g/mol. The topological polar surface area (TPSA) is 94.3 Å². The molecule has 0 unspecified atom stereocenters. The molecule has 1 N–H and O–H groups in total. The molecule has 1 aromatic heterocycles. The lowest BCUT2D eigenvalue weighted by Gasteiger charge is -2.36. The van der Waals surface area contributed by atoms with Crippen LogP contribution in [0.3, 0.4) is 0 Å². The number of sulfonamides is 1. The van der Waals surface area contributed by atoms with Gasteiger partial charge in [0.1, 0.15) is 12.0 Å². The van der Waals surface area contributed by atoms with Crippen molar-refractivity contribution >= 4 is 40.0 Å². The lowest BCUT2D eigenvalue weighted by Crippen LogP contribution is -2.54. The Balaban J connectivity index is 0.00000341. The fourth-order valence-corrected chi connectivity index (χ4v) is 5.76. The van der Waals surface area contributed by atoms with E-state index in [1.165, 1.54) is 42.7 Å². The highest BCUT2D eigenvalue weighted by molar-refractivity contribution is 14.0. The Morgan fingerprint density at radius 2 is 1.97 bits per heavy atom. The Kier molecular flexibility index (Phi) is 11.0. The van der Waals surface area contributed by atoms with Crippen molar-refractivity contribution in [3.63, 3.8) is 0 Å². The van der Waals surface area contributed by atoms with Gasteiger partial charge in [0.05, 0.1) is 5.69 Å². The van der Waals surface area contributed by atoms with Gasteiger partial charge in [-0.25, -0.2) is 8.42 Å². The van der Waals surface area contributed by atoms with Crippen LogP contribution >= 0.6 is 24.0 Å². The third-order valence-corrected chi connectivity index (χ3v) is 7.95. The van der Waals surface area contributed by atoms with Gasteiger partial charge in [0, 0.05) is 51.9 Å². The Bertz CT molecular complexity index is 760. The number of halogens is 1. The van der Waals surface area contributed by atoms with E-state index in [9.17, 15) is 8.42 Å². The maximum absolute atomic E-state index is 12.6. The van der Waals surface area contributed by atoms with E-state index in [0.29, 0.717) is 31.9 Å². The van der Waals surface area contributed by atoms with Crippen LogP contribution in [0.15, 0.2) is 21.8 Å². The van der Waals surface area contributed by atoms with Crippen LogP contribution in [-0.4, -0.2) is 93.0 Å². The highest BCUT2D eigenvalue weighted by atomic mass is 127. The molecule has 2 fully saturated rings. The molecule has 1 saturated carbocycles. The molecule has 0 atom stereocenters. The van der Waals surface area contributed by atoms with E-state index < -0.39 is 10.0 Å². The van der Waals surface area contributed by atoms with Gasteiger partial charge in [0.15, 0.2) is 5.96 Å². The first-order valence-corrected chi connectivity index (χ1v) is 12.6. The summed E-state index contributed by atoms with van der Waals surface area (Å²) in [4.78, 5) is 9.03. The average molecular weight is 569 g/mol. The minimum Gasteiger partial charge on any atom is -0.364 e. The normalized spacial score (nSPS) is 19.5. The number of hydrogen-bond acceptors (Lipinski definition) is 6. The first-order chi connectivity index (χ1) is 14.5. The highest BCUT2D eigenvalue weighted by Crippen LogP contribution is 2.21. The zero-order valence-electron chi connectivity index (χ0n) is 18.7. The van der Waals surface area contributed by atoms with Gasteiger partial charge in [-0.1, -0.05) is 24.4 Å². The van der Waals surface area contributed by atoms with E-state index in [2.05, 4.69) is 32.3 Å². The summed E-state index contributed by atoms with van der Waals surface area (Å²) in [5, 5.41) is 7.16. The molecule has 2 heterocycles. The average Bonchev–Trinajstić information content (AvgIpc) is 3.27. The predicted molar refractivity (Wildman–Crippen MR) is 133 cm³/mol. The van der Waals surface area contributed by atoms with Crippen molar-refractivity contribution in [2.75, 3.05) is 53.4 Å². The van der Waals surface area contributed by atoms with Crippen molar-refractivity contribution in [3.8, 4) is 0 Å². The predicted octanol–water partition coefficient (Wildman–Crippen LogP) is 1.97. The lowest BCUT2D eigenvalue weighted by molar-refractivity contribution is 0.190. The summed E-state index contributed by atoms with van der Waals surface area (Å²) in [6.45, 7) is 4.10. The van der Waals surface area contributed by atoms with E-state index in [4.69, 9.17) is 4.52 Å². The number of aromatic nitrogens is 1. The van der Waals surface area contributed by atoms with Crippen LogP contribution in [-0.2, 0) is 15.8 Å². The van der Waals surface area contributed by atoms with Gasteiger partial charge in [-0.15, -0.1) is 24.0 Å². The molecule has 178 valence electrons. The van der Waals surface area contributed by atoms with Crippen LogP contribution in [0.4, 0.5) is 0 Å². The van der Waals surface area contributed by atoms with Crippen LogP contribution in [0.1, 0.15) is 44.2 Å². The van der Waals surface area contributed by atoms with Gasteiger partial charge in [-0.05, 0) is 32.9 Å². The maximum atomic E-state index is 12.6. The van der Waals surface area contributed by atoms with Crippen molar-refractivity contribution in [1.29, 1.82) is 0 Å². The summed E-state index contributed by atoms with van der Waals surface area (Å²) < 4.78 is 31.4. The van der Waals surface area contributed by atoms with Crippen LogP contribution in [0, 0.1) is 0 Å². The maximum Gasteiger partial charge on any atom is 0.220 e. The number of hydrogen-bond donors (Lipinski definition) is 1. The first kappa shape index (κ1) is 26.3. The fraction of sp³-hybridized carbons (Fsp3) is 0.800. The number of aliphatic imine (C=N–C) groups is 1. The van der Waals surface area contributed by atoms with Gasteiger partial charge in [0.25, 0.3) is 0 Å². The molecule has 0 spiro atoms. The summed E-state index contributed by atoms with van der Waals surface area (Å²) in [6, 6.07) is 2.33. The number of nitrogens with zero attached hydrogens (tertiary/aromatic N) is 5. The van der Waals surface area contributed by atoms with Gasteiger partial charge in [-0.3, -0.25) is 4.99 Å². The molecule has 11 heteroatoms. The lowest BCUT2D eigenvalue weighted by atomic mass is 9.94. The molecule has 3 rings (SSSR count). The smallest absolute Gasteiger partial charge is 0.220 e. The van der Waals surface area contributed by atoms with Gasteiger partial charge < -0.3 is 19.6 Å². The third-order valence-electron chi connectivity index (χ3n) is 6.13. The third kappa shape index (κ3) is 7.86. The molecule has 31 heavy (non-hydrogen) atoms. The molecular weight excluding hydrogens is 531 g/mol. The molecular formula is C20H37IN6O3S. The summed E-state index contributed by atoms with van der Waals surface area (Å²) in [5.74, 6) is 0.731. The van der Waals surface area contributed by atoms with Crippen molar-refractivity contribution in [2.24, 2.45) is 4.99 Å². The number of nitrogens with one attached hydrogen (secondary N) is 1. The zero-order valence-corrected chi connectivity index (χ0v) is 21.8.